The van der Waals surface area contributed by atoms with Crippen LogP contribution in [0.1, 0.15) is 23.6 Å². The zero-order valence-corrected chi connectivity index (χ0v) is 19.4. The molecule has 172 valence electrons. The van der Waals surface area contributed by atoms with Crippen LogP contribution < -0.4 is 19.2 Å². The van der Waals surface area contributed by atoms with Crippen LogP contribution in [0, 0.1) is 0 Å². The molecule has 1 atom stereocenters. The average Bonchev–Trinajstić information content (AvgIpc) is 3.33. The Hall–Kier alpha value is -4.19. The second-order valence-corrected chi connectivity index (χ2v) is 8.07. The number of aromatic hydroxyl groups is 1. The minimum Gasteiger partial charge on any atom is -0.507 e. The smallest absolute Gasteiger partial charge is 0.147 e. The predicted octanol–water partition coefficient (Wildman–Crippen LogP) is 5.93. The fourth-order valence-corrected chi connectivity index (χ4v) is 4.54. The van der Waals surface area contributed by atoms with Crippen molar-refractivity contribution < 1.29 is 19.3 Å². The first-order valence-electron chi connectivity index (χ1n) is 11.1. The fourth-order valence-electron chi connectivity index (χ4n) is 4.54. The van der Waals surface area contributed by atoms with E-state index in [1.54, 1.807) is 21.3 Å². The van der Waals surface area contributed by atoms with Gasteiger partial charge in [0.25, 0.3) is 0 Å². The quantitative estimate of drug-likeness (QED) is 0.391. The number of phenols is 1. The van der Waals surface area contributed by atoms with Crippen LogP contribution in [-0.4, -0.2) is 32.1 Å². The Morgan fingerprint density at radius 2 is 1.59 bits per heavy atom. The van der Waals surface area contributed by atoms with E-state index < -0.39 is 0 Å². The van der Waals surface area contributed by atoms with Crippen molar-refractivity contribution >= 4 is 22.2 Å². The van der Waals surface area contributed by atoms with E-state index in [4.69, 9.17) is 19.3 Å². The molecule has 1 aliphatic heterocycles. The molecule has 1 heterocycles. The number of phenolic OH excluding ortho intramolecular Hbond substituents is 1. The maximum Gasteiger partial charge on any atom is 0.147 e. The first kappa shape index (κ1) is 21.6. The summed E-state index contributed by atoms with van der Waals surface area (Å²) in [5.41, 5.74) is 3.31. The summed E-state index contributed by atoms with van der Waals surface area (Å²) in [5.74, 6) is 2.36. The summed E-state index contributed by atoms with van der Waals surface area (Å²) in [6.07, 6.45) is 0.585. The van der Waals surface area contributed by atoms with Gasteiger partial charge in [0.15, 0.2) is 0 Å². The van der Waals surface area contributed by atoms with Gasteiger partial charge in [-0.25, -0.2) is 0 Å². The van der Waals surface area contributed by atoms with Crippen LogP contribution in [0.2, 0.25) is 0 Å². The first-order valence-corrected chi connectivity index (χ1v) is 11.1. The minimum atomic E-state index is -0.153. The van der Waals surface area contributed by atoms with Gasteiger partial charge in [0, 0.05) is 29.0 Å². The fraction of sp³-hybridized carbons (Fsp3) is 0.179. The molecule has 5 rings (SSSR count). The molecule has 1 aliphatic rings. The molecule has 1 unspecified atom stereocenters. The molecule has 0 saturated carbocycles. The lowest BCUT2D eigenvalue weighted by atomic mass is 9.95. The number of fused-ring (bicyclic) bond motifs is 1. The van der Waals surface area contributed by atoms with Crippen LogP contribution in [0.3, 0.4) is 0 Å². The highest BCUT2D eigenvalue weighted by Gasteiger charge is 2.34. The van der Waals surface area contributed by atoms with E-state index in [1.807, 2.05) is 83.9 Å². The van der Waals surface area contributed by atoms with Gasteiger partial charge < -0.3 is 19.3 Å². The number of para-hydroxylation sites is 1. The number of hydrazone groups is 1. The van der Waals surface area contributed by atoms with Crippen LogP contribution in [0.25, 0.3) is 10.8 Å². The Labute approximate surface area is 198 Å². The molecule has 4 aromatic rings. The molecule has 0 aromatic heterocycles. The number of nitrogens with zero attached hydrogens (tertiary/aromatic N) is 2. The Kier molecular flexibility index (Phi) is 5.72. The number of ether oxygens (including phenoxy) is 3. The maximum atomic E-state index is 11.1. The Balaban J connectivity index is 1.66. The van der Waals surface area contributed by atoms with Gasteiger partial charge in [-0.2, -0.15) is 5.10 Å². The summed E-state index contributed by atoms with van der Waals surface area (Å²) >= 11 is 0. The Morgan fingerprint density at radius 3 is 2.38 bits per heavy atom. The molecule has 6 heteroatoms. The van der Waals surface area contributed by atoms with E-state index in [0.29, 0.717) is 23.5 Å². The summed E-state index contributed by atoms with van der Waals surface area (Å²) in [6, 6.07) is 25.2. The van der Waals surface area contributed by atoms with E-state index in [0.717, 1.165) is 33.5 Å². The zero-order chi connectivity index (χ0) is 23.7. The van der Waals surface area contributed by atoms with Crippen LogP contribution in [0.5, 0.6) is 23.0 Å². The van der Waals surface area contributed by atoms with E-state index >= 15 is 0 Å². The predicted molar refractivity (Wildman–Crippen MR) is 135 cm³/mol. The largest absolute Gasteiger partial charge is 0.507 e. The van der Waals surface area contributed by atoms with Crippen molar-refractivity contribution in [2.75, 3.05) is 26.3 Å². The molecule has 6 nitrogen and oxygen atoms in total. The lowest BCUT2D eigenvalue weighted by molar-refractivity contribution is 0.392. The van der Waals surface area contributed by atoms with Crippen LogP contribution in [0.15, 0.2) is 84.0 Å². The third kappa shape index (κ3) is 3.67. The van der Waals surface area contributed by atoms with Crippen LogP contribution in [-0.2, 0) is 0 Å². The number of benzene rings is 4. The summed E-state index contributed by atoms with van der Waals surface area (Å²) in [6.45, 7) is 0. The average molecular weight is 455 g/mol. The van der Waals surface area contributed by atoms with Crippen molar-refractivity contribution in [2.24, 2.45) is 5.10 Å². The number of methoxy groups -OCH3 is 3. The van der Waals surface area contributed by atoms with Crippen molar-refractivity contribution in [3.8, 4) is 23.0 Å². The molecule has 1 N–H and O–H groups in total. The summed E-state index contributed by atoms with van der Waals surface area (Å²) in [5, 5.41) is 19.9. The van der Waals surface area contributed by atoms with E-state index in [2.05, 4.69) is 0 Å². The molecule has 0 spiro atoms. The molecule has 0 bridgehead atoms. The third-order valence-corrected chi connectivity index (χ3v) is 6.25. The van der Waals surface area contributed by atoms with Gasteiger partial charge >= 0.3 is 0 Å². The highest BCUT2D eigenvalue weighted by Crippen LogP contribution is 2.45. The second-order valence-electron chi connectivity index (χ2n) is 8.07. The monoisotopic (exact) mass is 454 g/mol. The van der Waals surface area contributed by atoms with Crippen molar-refractivity contribution in [3.05, 3.63) is 90.0 Å². The highest BCUT2D eigenvalue weighted by molar-refractivity contribution is 6.09. The Morgan fingerprint density at radius 1 is 0.824 bits per heavy atom. The summed E-state index contributed by atoms with van der Waals surface area (Å²) in [7, 11) is 4.93. The number of rotatable bonds is 6. The zero-order valence-electron chi connectivity index (χ0n) is 19.4. The van der Waals surface area contributed by atoms with Crippen molar-refractivity contribution in [2.45, 2.75) is 12.5 Å². The molecule has 0 amide bonds. The van der Waals surface area contributed by atoms with Crippen molar-refractivity contribution in [1.82, 2.24) is 0 Å². The summed E-state index contributed by atoms with van der Waals surface area (Å²) in [4.78, 5) is 0. The molecule has 0 saturated heterocycles. The molecule has 34 heavy (non-hydrogen) atoms. The van der Waals surface area contributed by atoms with Gasteiger partial charge in [0.2, 0.25) is 0 Å². The molecule has 0 aliphatic carbocycles. The van der Waals surface area contributed by atoms with Gasteiger partial charge in [0.1, 0.15) is 28.7 Å². The van der Waals surface area contributed by atoms with Crippen molar-refractivity contribution in [3.63, 3.8) is 0 Å². The number of anilines is 1. The minimum absolute atomic E-state index is 0.153. The SMILES string of the molecule is COc1ccc(N2N=C(c3ccc4ccccc4c3O)CC2c2ccccc2OC)c(OC)c1. The van der Waals surface area contributed by atoms with E-state index in [1.165, 1.54) is 0 Å². The van der Waals surface area contributed by atoms with Gasteiger partial charge in [-0.15, -0.1) is 0 Å². The van der Waals surface area contributed by atoms with E-state index in [9.17, 15) is 5.11 Å². The molecular weight excluding hydrogens is 428 g/mol. The van der Waals surface area contributed by atoms with E-state index in [-0.39, 0.29) is 11.8 Å². The van der Waals surface area contributed by atoms with Crippen LogP contribution >= 0.6 is 0 Å². The standard InChI is InChI=1S/C28H26N2O4/c1-32-19-13-15-24(27(16-19)34-3)30-25(22-10-6-7-11-26(22)33-2)17-23(29-30)21-14-12-18-8-4-5-9-20(18)28(21)31/h4-16,25,31H,17H2,1-3H3. The molecule has 0 fully saturated rings. The normalized spacial score (nSPS) is 15.3. The van der Waals surface area contributed by atoms with Gasteiger partial charge in [-0.1, -0.05) is 48.5 Å². The highest BCUT2D eigenvalue weighted by atomic mass is 16.5. The molecular formula is C28H26N2O4. The lowest BCUT2D eigenvalue weighted by Crippen LogP contribution is -2.20. The molecule has 0 radical (unpaired) electrons. The second kappa shape index (κ2) is 8.98. The maximum absolute atomic E-state index is 11.1. The lowest BCUT2D eigenvalue weighted by Gasteiger charge is -2.26. The van der Waals surface area contributed by atoms with Crippen LogP contribution in [0.4, 0.5) is 5.69 Å². The summed E-state index contributed by atoms with van der Waals surface area (Å²) < 4.78 is 16.8. The third-order valence-electron chi connectivity index (χ3n) is 6.25. The topological polar surface area (TPSA) is 63.5 Å². The van der Waals surface area contributed by atoms with Crippen molar-refractivity contribution in [1.29, 1.82) is 0 Å². The Bertz CT molecular complexity index is 1380. The number of hydrogen-bond acceptors (Lipinski definition) is 6. The number of hydrogen-bond donors (Lipinski definition) is 1. The van der Waals surface area contributed by atoms with Gasteiger partial charge in [-0.3, -0.25) is 5.01 Å². The molecule has 4 aromatic carbocycles. The first-order chi connectivity index (χ1) is 16.6. The van der Waals surface area contributed by atoms with Gasteiger partial charge in [0.05, 0.1) is 33.1 Å². The van der Waals surface area contributed by atoms with Gasteiger partial charge in [-0.05, 0) is 29.7 Å².